The molecule has 7 nitrogen and oxygen atoms in total. The minimum absolute atomic E-state index is 0.409. The number of aromatic nitrogens is 6. The third-order valence-electron chi connectivity index (χ3n) is 4.95. The number of fused-ring (bicyclic) bond motifs is 2. The van der Waals surface area contributed by atoms with E-state index in [1.54, 1.807) is 12.4 Å². The lowest BCUT2D eigenvalue weighted by molar-refractivity contribution is 0.511. The van der Waals surface area contributed by atoms with E-state index in [9.17, 15) is 0 Å². The molecule has 1 fully saturated rings. The van der Waals surface area contributed by atoms with Gasteiger partial charge in [-0.3, -0.25) is 9.97 Å². The molecule has 1 aromatic carbocycles. The third-order valence-corrected chi connectivity index (χ3v) is 6.09. The SMILES string of the molecule is CCC.Cc1cc2nccnc2cc1Nc1ncc2c(C)nn(C3CCSC3)c2n1. The molecule has 0 aliphatic carbocycles. The maximum Gasteiger partial charge on any atom is 0.229 e. The van der Waals surface area contributed by atoms with E-state index in [1.165, 1.54) is 12.2 Å². The Bertz CT molecular complexity index is 1170. The molecular weight excluding hydrogens is 394 g/mol. The highest BCUT2D eigenvalue weighted by Gasteiger charge is 2.22. The van der Waals surface area contributed by atoms with Crippen LogP contribution >= 0.6 is 11.8 Å². The Labute approximate surface area is 180 Å². The zero-order valence-corrected chi connectivity index (χ0v) is 18.7. The molecule has 156 valence electrons. The second-order valence-corrected chi connectivity index (χ2v) is 8.67. The number of hydrogen-bond acceptors (Lipinski definition) is 7. The van der Waals surface area contributed by atoms with Gasteiger partial charge in [0, 0.05) is 30.0 Å². The van der Waals surface area contributed by atoms with Gasteiger partial charge in [-0.05, 0) is 43.7 Å². The number of aryl methyl sites for hydroxylation is 2. The summed E-state index contributed by atoms with van der Waals surface area (Å²) in [5, 5.41) is 9.09. The summed E-state index contributed by atoms with van der Waals surface area (Å²) < 4.78 is 2.08. The molecule has 0 bridgehead atoms. The van der Waals surface area contributed by atoms with E-state index in [0.29, 0.717) is 12.0 Å². The van der Waals surface area contributed by atoms with Gasteiger partial charge in [0.05, 0.1) is 28.2 Å². The minimum atomic E-state index is 0.409. The highest BCUT2D eigenvalue weighted by Crippen LogP contribution is 2.31. The Morgan fingerprint density at radius 3 is 2.53 bits per heavy atom. The van der Waals surface area contributed by atoms with E-state index in [2.05, 4.69) is 38.8 Å². The number of nitrogens with one attached hydrogen (secondary N) is 1. The zero-order valence-electron chi connectivity index (χ0n) is 17.9. The van der Waals surface area contributed by atoms with Crippen molar-refractivity contribution in [2.45, 2.75) is 46.6 Å². The van der Waals surface area contributed by atoms with Crippen molar-refractivity contribution in [2.75, 3.05) is 16.8 Å². The van der Waals surface area contributed by atoms with Crippen LogP contribution in [0.5, 0.6) is 0 Å². The average Bonchev–Trinajstić information content (AvgIpc) is 3.37. The van der Waals surface area contributed by atoms with Crippen LogP contribution in [0, 0.1) is 13.8 Å². The van der Waals surface area contributed by atoms with Crippen molar-refractivity contribution in [1.29, 1.82) is 0 Å². The van der Waals surface area contributed by atoms with Gasteiger partial charge in [0.2, 0.25) is 5.95 Å². The van der Waals surface area contributed by atoms with E-state index in [-0.39, 0.29) is 0 Å². The van der Waals surface area contributed by atoms with Crippen molar-refractivity contribution in [3.05, 3.63) is 42.0 Å². The monoisotopic (exact) mass is 421 g/mol. The van der Waals surface area contributed by atoms with Crippen LogP contribution in [0.1, 0.15) is 44.0 Å². The summed E-state index contributed by atoms with van der Waals surface area (Å²) in [5.74, 6) is 2.84. The molecule has 1 unspecified atom stereocenters. The van der Waals surface area contributed by atoms with Crippen LogP contribution in [0.3, 0.4) is 0 Å². The summed E-state index contributed by atoms with van der Waals surface area (Å²) >= 11 is 1.97. The van der Waals surface area contributed by atoms with Crippen molar-refractivity contribution < 1.29 is 0 Å². The van der Waals surface area contributed by atoms with Crippen molar-refractivity contribution in [2.24, 2.45) is 0 Å². The Morgan fingerprint density at radius 2 is 1.83 bits per heavy atom. The minimum Gasteiger partial charge on any atom is -0.324 e. The van der Waals surface area contributed by atoms with Crippen molar-refractivity contribution >= 4 is 45.5 Å². The summed E-state index contributed by atoms with van der Waals surface area (Å²) in [6.45, 7) is 8.31. The van der Waals surface area contributed by atoms with Gasteiger partial charge in [-0.15, -0.1) is 0 Å². The standard InChI is InChI=1S/C19H19N7S.C3H8/c1-11-7-16-17(21-5-4-20-16)8-15(11)23-19-22-9-14-12(2)25-26(18(14)24-19)13-3-6-27-10-13;1-3-2/h4-5,7-9,13H,3,6,10H2,1-2H3,(H,22,23,24);3H2,1-2H3. The summed E-state index contributed by atoms with van der Waals surface area (Å²) in [4.78, 5) is 18.0. The topological polar surface area (TPSA) is 81.4 Å². The Morgan fingerprint density at radius 1 is 1.10 bits per heavy atom. The fraction of sp³-hybridized carbons (Fsp3) is 0.409. The first-order valence-electron chi connectivity index (χ1n) is 10.4. The second kappa shape index (κ2) is 8.95. The van der Waals surface area contributed by atoms with Gasteiger partial charge in [-0.1, -0.05) is 20.3 Å². The summed E-state index contributed by atoms with van der Waals surface area (Å²) in [6, 6.07) is 4.42. The van der Waals surface area contributed by atoms with Crippen LogP contribution in [-0.4, -0.2) is 41.2 Å². The maximum absolute atomic E-state index is 4.79. The molecule has 3 aromatic heterocycles. The van der Waals surface area contributed by atoms with E-state index < -0.39 is 0 Å². The zero-order chi connectivity index (χ0) is 21.1. The molecular formula is C22H27N7S. The van der Waals surface area contributed by atoms with Gasteiger partial charge in [-0.25, -0.2) is 9.67 Å². The van der Waals surface area contributed by atoms with Crippen LogP contribution in [0.25, 0.3) is 22.1 Å². The van der Waals surface area contributed by atoms with Crippen molar-refractivity contribution in [3.63, 3.8) is 0 Å². The number of anilines is 2. The van der Waals surface area contributed by atoms with E-state index in [4.69, 9.17) is 10.1 Å². The van der Waals surface area contributed by atoms with Crippen LogP contribution in [0.2, 0.25) is 0 Å². The lowest BCUT2D eigenvalue weighted by Gasteiger charge is -2.11. The molecule has 4 heterocycles. The molecule has 5 rings (SSSR count). The molecule has 1 atom stereocenters. The van der Waals surface area contributed by atoms with Crippen molar-refractivity contribution in [1.82, 2.24) is 29.7 Å². The fourth-order valence-electron chi connectivity index (χ4n) is 3.47. The van der Waals surface area contributed by atoms with Crippen LogP contribution in [0.4, 0.5) is 11.6 Å². The fourth-order valence-corrected chi connectivity index (χ4v) is 4.65. The largest absolute Gasteiger partial charge is 0.324 e. The number of benzene rings is 1. The molecule has 1 aliphatic rings. The molecule has 30 heavy (non-hydrogen) atoms. The molecule has 0 saturated carbocycles. The predicted octanol–water partition coefficient (Wildman–Crippen LogP) is 5.22. The number of thioether (sulfide) groups is 1. The molecule has 0 radical (unpaired) electrons. The number of rotatable bonds is 3. The molecule has 8 heteroatoms. The van der Waals surface area contributed by atoms with Gasteiger partial charge in [-0.2, -0.15) is 21.8 Å². The summed E-state index contributed by atoms with van der Waals surface area (Å²) in [7, 11) is 0. The lowest BCUT2D eigenvalue weighted by atomic mass is 10.1. The Balaban J connectivity index is 0.000000687. The van der Waals surface area contributed by atoms with Crippen LogP contribution in [-0.2, 0) is 0 Å². The van der Waals surface area contributed by atoms with Gasteiger partial charge in [0.1, 0.15) is 0 Å². The lowest BCUT2D eigenvalue weighted by Crippen LogP contribution is -2.11. The van der Waals surface area contributed by atoms with Gasteiger partial charge in [0.15, 0.2) is 5.65 Å². The van der Waals surface area contributed by atoms with Crippen LogP contribution < -0.4 is 5.32 Å². The maximum atomic E-state index is 4.79. The second-order valence-electron chi connectivity index (χ2n) is 7.52. The van der Waals surface area contributed by atoms with Gasteiger partial charge < -0.3 is 5.32 Å². The van der Waals surface area contributed by atoms with E-state index >= 15 is 0 Å². The van der Waals surface area contributed by atoms with Crippen LogP contribution in [0.15, 0.2) is 30.7 Å². The number of hydrogen-bond donors (Lipinski definition) is 1. The van der Waals surface area contributed by atoms with E-state index in [1.807, 2.05) is 43.9 Å². The predicted molar refractivity (Wildman–Crippen MR) is 125 cm³/mol. The molecule has 1 N–H and O–H groups in total. The third kappa shape index (κ3) is 4.09. The van der Waals surface area contributed by atoms with Crippen molar-refractivity contribution in [3.8, 4) is 0 Å². The molecule has 1 saturated heterocycles. The molecule has 0 spiro atoms. The summed E-state index contributed by atoms with van der Waals surface area (Å²) in [5.41, 5.74) is 5.60. The Hall–Kier alpha value is -2.74. The molecule has 1 aliphatic heterocycles. The highest BCUT2D eigenvalue weighted by atomic mass is 32.2. The first-order valence-corrected chi connectivity index (χ1v) is 11.5. The normalized spacial score (nSPS) is 15.9. The highest BCUT2D eigenvalue weighted by molar-refractivity contribution is 7.99. The first kappa shape index (κ1) is 20.5. The average molecular weight is 422 g/mol. The smallest absolute Gasteiger partial charge is 0.229 e. The molecule has 4 aromatic rings. The first-order chi connectivity index (χ1) is 14.6. The quantitative estimate of drug-likeness (QED) is 0.485. The van der Waals surface area contributed by atoms with E-state index in [0.717, 1.165) is 51.2 Å². The van der Waals surface area contributed by atoms with Gasteiger partial charge in [0.25, 0.3) is 0 Å². The Kier molecular flexibility index (Phi) is 6.13. The molecule has 0 amide bonds. The number of nitrogens with zero attached hydrogens (tertiary/aromatic N) is 6. The van der Waals surface area contributed by atoms with Gasteiger partial charge >= 0.3 is 0 Å². The summed E-state index contributed by atoms with van der Waals surface area (Å²) in [6.07, 6.45) is 7.65.